The number of rotatable bonds is 5. The van der Waals surface area contributed by atoms with Gasteiger partial charge in [0.05, 0.1) is 6.54 Å². The minimum absolute atomic E-state index is 0.0813. The van der Waals surface area contributed by atoms with Crippen LogP contribution in [0.5, 0.6) is 0 Å². The van der Waals surface area contributed by atoms with Gasteiger partial charge in [0.25, 0.3) is 0 Å². The Morgan fingerprint density at radius 1 is 1.04 bits per heavy atom. The molecule has 2 aromatic carbocycles. The van der Waals surface area contributed by atoms with E-state index in [-0.39, 0.29) is 24.2 Å². The number of benzene rings is 2. The fraction of sp³-hybridized carbons (Fsp3) is 0.222. The fourth-order valence-electron chi connectivity index (χ4n) is 2.60. The van der Waals surface area contributed by atoms with Crippen LogP contribution in [0.15, 0.2) is 48.5 Å². The second kappa shape index (κ2) is 7.12. The molecular weight excluding hydrogens is 309 g/mol. The molecule has 5 nitrogen and oxygen atoms in total. The van der Waals surface area contributed by atoms with Crippen molar-refractivity contribution < 1.29 is 14.0 Å². The van der Waals surface area contributed by atoms with E-state index in [9.17, 15) is 14.0 Å². The largest absolute Gasteiger partial charge is 0.376 e. The summed E-state index contributed by atoms with van der Waals surface area (Å²) in [6.07, 6.45) is 1.47. The number of anilines is 3. The topological polar surface area (TPSA) is 61.4 Å². The van der Waals surface area contributed by atoms with Crippen molar-refractivity contribution in [1.29, 1.82) is 0 Å². The third-order valence-electron chi connectivity index (χ3n) is 3.83. The number of halogens is 1. The first-order valence-corrected chi connectivity index (χ1v) is 7.81. The standard InChI is InChI=1S/C18H18FN3O2/c19-13-3-5-14(6-4-13)20-12-17(23)21-15-7-9-16(10-8-15)22-11-1-2-18(22)24/h3-10,20H,1-2,11-12H2,(H,21,23). The first kappa shape index (κ1) is 16.0. The third-order valence-corrected chi connectivity index (χ3v) is 3.83. The lowest BCUT2D eigenvalue weighted by Gasteiger charge is -2.16. The van der Waals surface area contributed by atoms with Crippen LogP contribution < -0.4 is 15.5 Å². The Morgan fingerprint density at radius 2 is 1.71 bits per heavy atom. The van der Waals surface area contributed by atoms with Gasteiger partial charge in [0.1, 0.15) is 5.82 Å². The van der Waals surface area contributed by atoms with E-state index in [0.29, 0.717) is 17.8 Å². The molecule has 1 saturated heterocycles. The quantitative estimate of drug-likeness (QED) is 0.887. The molecule has 2 aromatic rings. The maximum absolute atomic E-state index is 12.8. The first-order chi connectivity index (χ1) is 11.6. The summed E-state index contributed by atoms with van der Waals surface area (Å²) < 4.78 is 12.8. The fourth-order valence-corrected chi connectivity index (χ4v) is 2.60. The maximum atomic E-state index is 12.8. The number of carbonyl (C=O) groups is 2. The summed E-state index contributed by atoms with van der Waals surface area (Å²) in [6.45, 7) is 0.824. The van der Waals surface area contributed by atoms with Gasteiger partial charge in [0.2, 0.25) is 11.8 Å². The molecule has 3 rings (SSSR count). The highest BCUT2D eigenvalue weighted by atomic mass is 19.1. The number of nitrogens with zero attached hydrogens (tertiary/aromatic N) is 1. The molecule has 0 spiro atoms. The normalized spacial score (nSPS) is 13.9. The van der Waals surface area contributed by atoms with Crippen molar-refractivity contribution in [1.82, 2.24) is 0 Å². The highest BCUT2D eigenvalue weighted by Gasteiger charge is 2.21. The Morgan fingerprint density at radius 3 is 2.33 bits per heavy atom. The molecular formula is C18H18FN3O2. The van der Waals surface area contributed by atoms with E-state index in [1.54, 1.807) is 29.2 Å². The summed E-state index contributed by atoms with van der Waals surface area (Å²) in [5.41, 5.74) is 2.19. The zero-order valence-corrected chi connectivity index (χ0v) is 13.1. The third kappa shape index (κ3) is 3.90. The Hall–Kier alpha value is -2.89. The molecule has 0 atom stereocenters. The van der Waals surface area contributed by atoms with Gasteiger partial charge in [-0.2, -0.15) is 0 Å². The van der Waals surface area contributed by atoms with Crippen LogP contribution in [0.2, 0.25) is 0 Å². The van der Waals surface area contributed by atoms with Gasteiger partial charge in [-0.05, 0) is 55.0 Å². The lowest BCUT2D eigenvalue weighted by Crippen LogP contribution is -2.24. The monoisotopic (exact) mass is 327 g/mol. The van der Waals surface area contributed by atoms with Crippen LogP contribution in [-0.4, -0.2) is 24.9 Å². The van der Waals surface area contributed by atoms with Crippen LogP contribution in [0.3, 0.4) is 0 Å². The van der Waals surface area contributed by atoms with Crippen LogP contribution in [0.25, 0.3) is 0 Å². The van der Waals surface area contributed by atoms with Gasteiger partial charge < -0.3 is 15.5 Å². The maximum Gasteiger partial charge on any atom is 0.243 e. The molecule has 1 aliphatic rings. The SMILES string of the molecule is O=C(CNc1ccc(F)cc1)Nc1ccc(N2CCCC2=O)cc1. The van der Waals surface area contributed by atoms with Gasteiger partial charge in [-0.15, -0.1) is 0 Å². The number of hydrogen-bond donors (Lipinski definition) is 2. The molecule has 24 heavy (non-hydrogen) atoms. The number of hydrogen-bond acceptors (Lipinski definition) is 3. The van der Waals surface area contributed by atoms with Crippen LogP contribution in [0, 0.1) is 5.82 Å². The van der Waals surface area contributed by atoms with E-state index in [2.05, 4.69) is 10.6 Å². The summed E-state index contributed by atoms with van der Waals surface area (Å²) in [4.78, 5) is 25.4. The van der Waals surface area contributed by atoms with Crippen molar-refractivity contribution in [3.63, 3.8) is 0 Å². The van der Waals surface area contributed by atoms with Gasteiger partial charge in [0, 0.05) is 30.0 Å². The molecule has 0 unspecified atom stereocenters. The highest BCUT2D eigenvalue weighted by Crippen LogP contribution is 2.23. The Bertz CT molecular complexity index is 729. The van der Waals surface area contributed by atoms with Crippen molar-refractivity contribution in [2.24, 2.45) is 0 Å². The molecule has 1 aliphatic heterocycles. The first-order valence-electron chi connectivity index (χ1n) is 7.81. The summed E-state index contributed by atoms with van der Waals surface area (Å²) >= 11 is 0. The molecule has 2 amide bonds. The van der Waals surface area contributed by atoms with Crippen LogP contribution in [0.4, 0.5) is 21.5 Å². The molecule has 1 heterocycles. The van der Waals surface area contributed by atoms with Crippen LogP contribution in [0.1, 0.15) is 12.8 Å². The molecule has 0 saturated carbocycles. The molecule has 2 N–H and O–H groups in total. The minimum Gasteiger partial charge on any atom is -0.376 e. The molecule has 1 fully saturated rings. The second-order valence-electron chi connectivity index (χ2n) is 5.60. The Kier molecular flexibility index (Phi) is 4.74. The molecule has 0 aliphatic carbocycles. The lowest BCUT2D eigenvalue weighted by atomic mass is 10.2. The van der Waals surface area contributed by atoms with Crippen LogP contribution in [-0.2, 0) is 9.59 Å². The Labute approximate surface area is 139 Å². The van der Waals surface area contributed by atoms with E-state index in [4.69, 9.17) is 0 Å². The van der Waals surface area contributed by atoms with Gasteiger partial charge in [-0.1, -0.05) is 0 Å². The van der Waals surface area contributed by atoms with Gasteiger partial charge in [0.15, 0.2) is 0 Å². The summed E-state index contributed by atoms with van der Waals surface area (Å²) in [5.74, 6) is -0.388. The van der Waals surface area contributed by atoms with E-state index in [1.807, 2.05) is 12.1 Å². The zero-order valence-electron chi connectivity index (χ0n) is 13.1. The van der Waals surface area contributed by atoms with E-state index in [1.165, 1.54) is 12.1 Å². The lowest BCUT2D eigenvalue weighted by molar-refractivity contribution is -0.117. The number of amides is 2. The summed E-state index contributed by atoms with van der Waals surface area (Å²) in [5, 5.41) is 5.70. The van der Waals surface area contributed by atoms with Crippen molar-refractivity contribution in [3.8, 4) is 0 Å². The van der Waals surface area contributed by atoms with Crippen molar-refractivity contribution in [2.75, 3.05) is 28.6 Å². The predicted molar refractivity (Wildman–Crippen MR) is 91.5 cm³/mol. The van der Waals surface area contributed by atoms with E-state index in [0.717, 1.165) is 18.7 Å². The van der Waals surface area contributed by atoms with Crippen molar-refractivity contribution in [3.05, 3.63) is 54.3 Å². The highest BCUT2D eigenvalue weighted by molar-refractivity contribution is 5.96. The van der Waals surface area contributed by atoms with E-state index >= 15 is 0 Å². The summed E-state index contributed by atoms with van der Waals surface area (Å²) in [7, 11) is 0. The summed E-state index contributed by atoms with van der Waals surface area (Å²) in [6, 6.07) is 13.0. The smallest absolute Gasteiger partial charge is 0.243 e. The number of carbonyl (C=O) groups excluding carboxylic acids is 2. The van der Waals surface area contributed by atoms with Crippen molar-refractivity contribution in [2.45, 2.75) is 12.8 Å². The average molecular weight is 327 g/mol. The molecule has 124 valence electrons. The molecule has 0 radical (unpaired) electrons. The Balaban J connectivity index is 1.52. The second-order valence-corrected chi connectivity index (χ2v) is 5.60. The molecule has 6 heteroatoms. The molecule has 0 bridgehead atoms. The van der Waals surface area contributed by atoms with Gasteiger partial charge >= 0.3 is 0 Å². The number of nitrogens with one attached hydrogen (secondary N) is 2. The van der Waals surface area contributed by atoms with Gasteiger partial charge in [-0.3, -0.25) is 9.59 Å². The van der Waals surface area contributed by atoms with E-state index < -0.39 is 0 Å². The van der Waals surface area contributed by atoms with Crippen LogP contribution >= 0.6 is 0 Å². The minimum atomic E-state index is -0.318. The van der Waals surface area contributed by atoms with Gasteiger partial charge in [-0.25, -0.2) is 4.39 Å². The zero-order chi connectivity index (χ0) is 16.9. The van der Waals surface area contributed by atoms with Crippen molar-refractivity contribution >= 4 is 28.9 Å². The molecule has 0 aromatic heterocycles. The predicted octanol–water partition coefficient (Wildman–Crippen LogP) is 3.00. The average Bonchev–Trinajstić information content (AvgIpc) is 3.01.